The molecule has 0 bridgehead atoms. The Morgan fingerprint density at radius 2 is 1.78 bits per heavy atom. The highest BCUT2D eigenvalue weighted by molar-refractivity contribution is 5.83. The lowest BCUT2D eigenvalue weighted by molar-refractivity contribution is -0.141. The molecule has 1 heterocycles. The molecular weight excluding hydrogens is 239 g/mol. The maximum atomic E-state index is 12.8. The standard InChI is InChI=1S/C14H14F3N/c1-8(2)10-7-13(14(15,16)17)18-12-5-4-9(3)6-11(10)12/h4-8H,1-3H3. The first-order chi connectivity index (χ1) is 8.29. The van der Waals surface area contributed by atoms with Crippen molar-refractivity contribution in [3.8, 4) is 0 Å². The van der Waals surface area contributed by atoms with Crippen LogP contribution in [0.1, 0.15) is 36.6 Å². The van der Waals surface area contributed by atoms with Crippen molar-refractivity contribution in [1.29, 1.82) is 0 Å². The van der Waals surface area contributed by atoms with E-state index >= 15 is 0 Å². The molecule has 0 aliphatic carbocycles. The Labute approximate surface area is 104 Å². The highest BCUT2D eigenvalue weighted by atomic mass is 19.4. The van der Waals surface area contributed by atoms with Crippen molar-refractivity contribution in [3.63, 3.8) is 0 Å². The van der Waals surface area contributed by atoms with E-state index in [1.165, 1.54) is 0 Å². The molecule has 1 aromatic heterocycles. The number of benzene rings is 1. The number of hydrogen-bond acceptors (Lipinski definition) is 1. The summed E-state index contributed by atoms with van der Waals surface area (Å²) in [7, 11) is 0. The number of aromatic nitrogens is 1. The zero-order valence-corrected chi connectivity index (χ0v) is 10.5. The normalized spacial score (nSPS) is 12.4. The Morgan fingerprint density at radius 1 is 1.11 bits per heavy atom. The van der Waals surface area contributed by atoms with Gasteiger partial charge in [0, 0.05) is 5.39 Å². The summed E-state index contributed by atoms with van der Waals surface area (Å²) < 4.78 is 38.3. The summed E-state index contributed by atoms with van der Waals surface area (Å²) in [4.78, 5) is 3.71. The second-order valence-electron chi connectivity index (χ2n) is 4.77. The van der Waals surface area contributed by atoms with E-state index in [9.17, 15) is 13.2 Å². The van der Waals surface area contributed by atoms with Crippen LogP contribution < -0.4 is 0 Å². The van der Waals surface area contributed by atoms with Gasteiger partial charge in [-0.3, -0.25) is 0 Å². The van der Waals surface area contributed by atoms with Crippen molar-refractivity contribution in [3.05, 3.63) is 41.1 Å². The van der Waals surface area contributed by atoms with Crippen molar-refractivity contribution in [2.24, 2.45) is 0 Å². The lowest BCUT2D eigenvalue weighted by Gasteiger charge is -2.14. The third-order valence-corrected chi connectivity index (χ3v) is 2.91. The van der Waals surface area contributed by atoms with Gasteiger partial charge < -0.3 is 0 Å². The lowest BCUT2D eigenvalue weighted by atomic mass is 9.96. The fourth-order valence-electron chi connectivity index (χ4n) is 1.99. The van der Waals surface area contributed by atoms with E-state index < -0.39 is 11.9 Å². The van der Waals surface area contributed by atoms with Gasteiger partial charge in [-0.2, -0.15) is 13.2 Å². The van der Waals surface area contributed by atoms with E-state index in [4.69, 9.17) is 0 Å². The van der Waals surface area contributed by atoms with Crippen LogP contribution in [0.15, 0.2) is 24.3 Å². The zero-order chi connectivity index (χ0) is 13.5. The van der Waals surface area contributed by atoms with E-state index in [1.54, 1.807) is 12.1 Å². The predicted molar refractivity (Wildman–Crippen MR) is 65.6 cm³/mol. The third-order valence-electron chi connectivity index (χ3n) is 2.91. The first-order valence-electron chi connectivity index (χ1n) is 5.77. The minimum absolute atomic E-state index is 0.0263. The molecule has 0 N–H and O–H groups in total. The molecule has 0 spiro atoms. The average molecular weight is 253 g/mol. The Morgan fingerprint density at radius 3 is 2.33 bits per heavy atom. The number of aryl methyl sites for hydroxylation is 1. The SMILES string of the molecule is Cc1ccc2nc(C(F)(F)F)cc(C(C)C)c2c1. The van der Waals surface area contributed by atoms with Crippen LogP contribution in [-0.2, 0) is 6.18 Å². The van der Waals surface area contributed by atoms with Gasteiger partial charge in [0.05, 0.1) is 5.52 Å². The molecule has 0 aliphatic rings. The quantitative estimate of drug-likeness (QED) is 0.718. The van der Waals surface area contributed by atoms with Gasteiger partial charge in [-0.05, 0) is 36.6 Å². The van der Waals surface area contributed by atoms with E-state index in [2.05, 4.69) is 4.98 Å². The maximum absolute atomic E-state index is 12.8. The van der Waals surface area contributed by atoms with Gasteiger partial charge in [-0.15, -0.1) is 0 Å². The Hall–Kier alpha value is -1.58. The van der Waals surface area contributed by atoms with Gasteiger partial charge in [0.25, 0.3) is 0 Å². The maximum Gasteiger partial charge on any atom is 0.433 e. The molecular formula is C14H14F3N. The van der Waals surface area contributed by atoms with Crippen LogP contribution in [-0.4, -0.2) is 4.98 Å². The van der Waals surface area contributed by atoms with E-state index in [0.717, 1.165) is 17.0 Å². The molecule has 0 fully saturated rings. The first-order valence-corrected chi connectivity index (χ1v) is 5.77. The number of alkyl halides is 3. The number of hydrogen-bond donors (Lipinski definition) is 0. The minimum atomic E-state index is -4.40. The van der Waals surface area contributed by atoms with Crippen LogP contribution in [0.4, 0.5) is 13.2 Å². The van der Waals surface area contributed by atoms with Crippen molar-refractivity contribution in [1.82, 2.24) is 4.98 Å². The molecule has 0 saturated carbocycles. The second-order valence-corrected chi connectivity index (χ2v) is 4.77. The van der Waals surface area contributed by atoms with Crippen LogP contribution in [0, 0.1) is 6.92 Å². The molecule has 2 aromatic rings. The van der Waals surface area contributed by atoms with Crippen LogP contribution in [0.2, 0.25) is 0 Å². The number of rotatable bonds is 1. The molecule has 0 unspecified atom stereocenters. The molecule has 0 amide bonds. The molecule has 18 heavy (non-hydrogen) atoms. The van der Waals surface area contributed by atoms with E-state index in [-0.39, 0.29) is 5.92 Å². The zero-order valence-electron chi connectivity index (χ0n) is 10.5. The Kier molecular flexibility index (Phi) is 3.05. The van der Waals surface area contributed by atoms with Gasteiger partial charge >= 0.3 is 6.18 Å². The summed E-state index contributed by atoms with van der Waals surface area (Å²) in [5, 5.41) is 0.804. The highest BCUT2D eigenvalue weighted by Crippen LogP contribution is 2.33. The highest BCUT2D eigenvalue weighted by Gasteiger charge is 2.33. The van der Waals surface area contributed by atoms with Crippen molar-refractivity contribution in [2.45, 2.75) is 32.9 Å². The first kappa shape index (κ1) is 12.9. The fraction of sp³-hybridized carbons (Fsp3) is 0.357. The van der Waals surface area contributed by atoms with Crippen LogP contribution in [0.5, 0.6) is 0 Å². The molecule has 96 valence electrons. The van der Waals surface area contributed by atoms with E-state index in [0.29, 0.717) is 11.1 Å². The van der Waals surface area contributed by atoms with Gasteiger partial charge in [0.15, 0.2) is 0 Å². The average Bonchev–Trinajstić information content (AvgIpc) is 2.25. The van der Waals surface area contributed by atoms with E-state index in [1.807, 2.05) is 26.8 Å². The molecule has 0 aliphatic heterocycles. The molecule has 4 heteroatoms. The summed E-state index contributed by atoms with van der Waals surface area (Å²) in [6.45, 7) is 5.69. The summed E-state index contributed by atoms with van der Waals surface area (Å²) in [5.41, 5.74) is 1.30. The number of halogens is 3. The van der Waals surface area contributed by atoms with Gasteiger partial charge in [0.1, 0.15) is 5.69 Å². The Balaban J connectivity index is 2.79. The summed E-state index contributed by atoms with van der Waals surface area (Å²) in [6.07, 6.45) is -4.40. The molecule has 1 nitrogen and oxygen atoms in total. The molecule has 0 saturated heterocycles. The van der Waals surface area contributed by atoms with Crippen molar-refractivity contribution >= 4 is 10.9 Å². The number of nitrogens with zero attached hydrogens (tertiary/aromatic N) is 1. The topological polar surface area (TPSA) is 12.9 Å². The largest absolute Gasteiger partial charge is 0.433 e. The fourth-order valence-corrected chi connectivity index (χ4v) is 1.99. The predicted octanol–water partition coefficient (Wildman–Crippen LogP) is 4.69. The monoisotopic (exact) mass is 253 g/mol. The van der Waals surface area contributed by atoms with Gasteiger partial charge in [-0.1, -0.05) is 25.5 Å². The van der Waals surface area contributed by atoms with Crippen molar-refractivity contribution < 1.29 is 13.2 Å². The van der Waals surface area contributed by atoms with Crippen LogP contribution in [0.25, 0.3) is 10.9 Å². The van der Waals surface area contributed by atoms with Crippen molar-refractivity contribution in [2.75, 3.05) is 0 Å². The second kappa shape index (κ2) is 4.26. The molecule has 0 radical (unpaired) electrons. The smallest absolute Gasteiger partial charge is 0.243 e. The summed E-state index contributed by atoms with van der Waals surface area (Å²) in [6, 6.07) is 6.47. The summed E-state index contributed by atoms with van der Waals surface area (Å²) in [5.74, 6) is 0.0263. The number of fused-ring (bicyclic) bond motifs is 1. The lowest BCUT2D eigenvalue weighted by Crippen LogP contribution is -2.09. The summed E-state index contributed by atoms with van der Waals surface area (Å²) >= 11 is 0. The number of pyridine rings is 1. The third kappa shape index (κ3) is 2.33. The molecule has 0 atom stereocenters. The minimum Gasteiger partial charge on any atom is -0.243 e. The molecule has 2 rings (SSSR count). The van der Waals surface area contributed by atoms with Crippen LogP contribution >= 0.6 is 0 Å². The van der Waals surface area contributed by atoms with Gasteiger partial charge in [0.2, 0.25) is 0 Å². The molecule has 1 aromatic carbocycles. The van der Waals surface area contributed by atoms with Gasteiger partial charge in [-0.25, -0.2) is 4.98 Å². The Bertz CT molecular complexity index is 585. The van der Waals surface area contributed by atoms with Crippen LogP contribution in [0.3, 0.4) is 0 Å².